The Bertz CT molecular complexity index is 1360. The summed E-state index contributed by atoms with van der Waals surface area (Å²) in [4.78, 5) is 21.6. The van der Waals surface area contributed by atoms with Gasteiger partial charge in [0.25, 0.3) is 6.08 Å². The summed E-state index contributed by atoms with van der Waals surface area (Å²) in [6.45, 7) is 1.36. The number of nitrogens with zero attached hydrogens (tertiary/aromatic N) is 3. The van der Waals surface area contributed by atoms with Crippen molar-refractivity contribution in [2.45, 2.75) is 19.6 Å². The largest absolute Gasteiger partial charge is 0.490 e. The van der Waals surface area contributed by atoms with Crippen LogP contribution in [0.5, 0.6) is 11.5 Å². The molecule has 36 heavy (non-hydrogen) atoms. The molecule has 2 heterocycles. The lowest BCUT2D eigenvalue weighted by molar-refractivity contribution is -0.192. The minimum atomic E-state index is -5.08. The number of hydrogen-bond acceptors (Lipinski definition) is 6. The van der Waals surface area contributed by atoms with Crippen LogP contribution in [0.25, 0.3) is 16.8 Å². The molecule has 3 aromatic rings. The zero-order valence-electron chi connectivity index (χ0n) is 18.6. The van der Waals surface area contributed by atoms with Crippen LogP contribution in [0, 0.1) is 6.92 Å². The number of carboxylic acids is 1. The van der Waals surface area contributed by atoms with E-state index in [0.717, 1.165) is 21.4 Å². The Morgan fingerprint density at radius 2 is 1.83 bits per heavy atom. The number of nitrogens with two attached hydrogens (primary N) is 1. The van der Waals surface area contributed by atoms with Gasteiger partial charge in [0.05, 0.1) is 12.2 Å². The van der Waals surface area contributed by atoms with Gasteiger partial charge in [0, 0.05) is 12.1 Å². The van der Waals surface area contributed by atoms with E-state index in [2.05, 4.69) is 5.10 Å². The fourth-order valence-electron chi connectivity index (χ4n) is 3.25. The molecule has 3 N–H and O–H groups in total. The van der Waals surface area contributed by atoms with Gasteiger partial charge in [-0.1, -0.05) is 18.2 Å². The fraction of sp³-hybridized carbons (Fsp3) is 0.227. The van der Waals surface area contributed by atoms with Gasteiger partial charge in [0.2, 0.25) is 6.79 Å². The van der Waals surface area contributed by atoms with Gasteiger partial charge in [-0.15, -0.1) is 0 Å². The van der Waals surface area contributed by atoms with E-state index in [1.807, 2.05) is 37.3 Å². The second-order valence-electron chi connectivity index (χ2n) is 7.33. The number of benzene rings is 2. The van der Waals surface area contributed by atoms with E-state index < -0.39 is 23.9 Å². The molecule has 0 saturated carbocycles. The van der Waals surface area contributed by atoms with E-state index in [1.54, 1.807) is 6.07 Å². The van der Waals surface area contributed by atoms with Crippen LogP contribution in [-0.4, -0.2) is 44.9 Å². The number of halogens is 5. The molecule has 14 heteroatoms. The lowest BCUT2D eigenvalue weighted by Crippen LogP contribution is -2.26. The first-order valence-corrected chi connectivity index (χ1v) is 10.1. The Labute approximate surface area is 199 Å². The number of aromatic nitrogens is 3. The summed E-state index contributed by atoms with van der Waals surface area (Å²) in [7, 11) is 0. The Morgan fingerprint density at radius 1 is 1.17 bits per heavy atom. The van der Waals surface area contributed by atoms with Gasteiger partial charge < -0.3 is 20.3 Å². The molecule has 2 aromatic carbocycles. The summed E-state index contributed by atoms with van der Waals surface area (Å²) >= 11 is 0. The molecule has 192 valence electrons. The van der Waals surface area contributed by atoms with E-state index in [0.29, 0.717) is 17.2 Å². The summed E-state index contributed by atoms with van der Waals surface area (Å²) in [5.41, 5.74) is 7.72. The molecule has 9 nitrogen and oxygen atoms in total. The number of fused-ring (bicyclic) bond motifs is 1. The highest BCUT2D eigenvalue weighted by Gasteiger charge is 2.38. The molecule has 0 spiro atoms. The van der Waals surface area contributed by atoms with Crippen molar-refractivity contribution >= 4 is 5.97 Å². The van der Waals surface area contributed by atoms with Crippen molar-refractivity contribution in [3.05, 3.63) is 70.4 Å². The average molecular weight is 514 g/mol. The predicted octanol–water partition coefficient (Wildman–Crippen LogP) is 3.48. The third kappa shape index (κ3) is 5.71. The molecule has 1 aromatic heterocycles. The summed E-state index contributed by atoms with van der Waals surface area (Å²) in [6, 6.07) is 11.1. The lowest BCUT2D eigenvalue weighted by atomic mass is 9.98. The topological polar surface area (TPSA) is 122 Å². The predicted molar refractivity (Wildman–Crippen MR) is 116 cm³/mol. The molecule has 4 rings (SSSR count). The lowest BCUT2D eigenvalue weighted by Gasteiger charge is -2.12. The quantitative estimate of drug-likeness (QED) is 0.500. The van der Waals surface area contributed by atoms with Crippen LogP contribution in [0.4, 0.5) is 22.0 Å². The highest BCUT2D eigenvalue weighted by Crippen LogP contribution is 2.37. The molecule has 0 unspecified atom stereocenters. The molecule has 0 radical (unpaired) electrons. The minimum Gasteiger partial charge on any atom is -0.475 e. The summed E-state index contributed by atoms with van der Waals surface area (Å²) in [5, 5.41) is 11.1. The normalized spacial score (nSPS) is 12.1. The zero-order chi connectivity index (χ0) is 26.6. The van der Waals surface area contributed by atoms with E-state index >= 15 is 0 Å². The van der Waals surface area contributed by atoms with Crippen LogP contribution < -0.4 is 20.9 Å². The number of rotatable bonds is 5. The van der Waals surface area contributed by atoms with Crippen LogP contribution in [0.15, 0.2) is 59.2 Å². The van der Waals surface area contributed by atoms with Crippen LogP contribution in [0.1, 0.15) is 5.56 Å². The molecule has 0 amide bonds. The third-order valence-corrected chi connectivity index (χ3v) is 5.08. The maximum Gasteiger partial charge on any atom is 0.490 e. The first-order valence-electron chi connectivity index (χ1n) is 10.1. The fourth-order valence-corrected chi connectivity index (χ4v) is 3.25. The van der Waals surface area contributed by atoms with Gasteiger partial charge in [0.1, 0.15) is 6.33 Å². The van der Waals surface area contributed by atoms with E-state index in [9.17, 15) is 26.7 Å². The van der Waals surface area contributed by atoms with Crippen LogP contribution >= 0.6 is 0 Å². The second-order valence-corrected chi connectivity index (χ2v) is 7.33. The highest BCUT2D eigenvalue weighted by atomic mass is 19.4. The Kier molecular flexibility index (Phi) is 7.77. The average Bonchev–Trinajstić information content (AvgIpc) is 3.43. The maximum atomic E-state index is 12.9. The molecule has 0 bridgehead atoms. The van der Waals surface area contributed by atoms with Gasteiger partial charge in [-0.25, -0.2) is 18.8 Å². The van der Waals surface area contributed by atoms with Crippen molar-refractivity contribution in [3.8, 4) is 28.3 Å². The van der Waals surface area contributed by atoms with Crippen molar-refractivity contribution < 1.29 is 41.3 Å². The van der Waals surface area contributed by atoms with Gasteiger partial charge >= 0.3 is 17.8 Å². The standard InChI is InChI=1S/C20H18F2N4O3.C2HF3O2/c1-12-15(13-5-6-17-18(7-13)29-11-28-17)3-2-4-16(12)25-10-24-26(20(25)27)9-14(8-23)19(21)22;3-2(4,5)1(6)7/h2-7,10H,8-9,11,23H2,1H3;(H,6,7). The van der Waals surface area contributed by atoms with Gasteiger partial charge in [-0.3, -0.25) is 0 Å². The molecule has 0 fully saturated rings. The first-order chi connectivity index (χ1) is 16.9. The van der Waals surface area contributed by atoms with Crippen molar-refractivity contribution in [2.75, 3.05) is 13.3 Å². The van der Waals surface area contributed by atoms with E-state index in [-0.39, 0.29) is 25.5 Å². The SMILES string of the molecule is Cc1c(-c2ccc3c(c2)OCO3)cccc1-n1cnn(CC(CN)=C(F)F)c1=O.O=C(O)C(F)(F)F. The van der Waals surface area contributed by atoms with Crippen LogP contribution in [0.3, 0.4) is 0 Å². The molecule has 1 aliphatic rings. The van der Waals surface area contributed by atoms with Crippen molar-refractivity contribution in [1.29, 1.82) is 0 Å². The Hall–Kier alpha value is -4.20. The molecular weight excluding hydrogens is 495 g/mol. The monoisotopic (exact) mass is 514 g/mol. The number of aliphatic carboxylic acids is 1. The molecule has 0 atom stereocenters. The smallest absolute Gasteiger partial charge is 0.475 e. The highest BCUT2D eigenvalue weighted by molar-refractivity contribution is 5.73. The first kappa shape index (κ1) is 26.4. The second kappa shape index (κ2) is 10.6. The number of carbonyl (C=O) groups is 1. The van der Waals surface area contributed by atoms with E-state index in [4.69, 9.17) is 25.1 Å². The number of carboxylic acid groups (broad SMARTS) is 1. The number of hydrogen-bond donors (Lipinski definition) is 2. The number of alkyl halides is 3. The van der Waals surface area contributed by atoms with E-state index in [1.165, 1.54) is 10.9 Å². The summed E-state index contributed by atoms with van der Waals surface area (Å²) in [5.74, 6) is -1.41. The molecule has 1 aliphatic heterocycles. The number of ether oxygens (including phenoxy) is 2. The molecular formula is C22H19F5N4O5. The Morgan fingerprint density at radius 3 is 2.44 bits per heavy atom. The summed E-state index contributed by atoms with van der Waals surface area (Å²) in [6.07, 6.45) is -5.66. The van der Waals surface area contributed by atoms with Crippen LogP contribution in [-0.2, 0) is 11.3 Å². The molecule has 0 aliphatic carbocycles. The molecule has 0 saturated heterocycles. The Balaban J connectivity index is 0.000000454. The summed E-state index contributed by atoms with van der Waals surface area (Å²) < 4.78 is 70.6. The third-order valence-electron chi connectivity index (χ3n) is 5.08. The van der Waals surface area contributed by atoms with Crippen molar-refractivity contribution in [3.63, 3.8) is 0 Å². The van der Waals surface area contributed by atoms with Crippen molar-refractivity contribution in [2.24, 2.45) is 5.73 Å². The zero-order valence-corrected chi connectivity index (χ0v) is 18.6. The van der Waals surface area contributed by atoms with Crippen molar-refractivity contribution in [1.82, 2.24) is 14.3 Å². The maximum absolute atomic E-state index is 12.9. The van der Waals surface area contributed by atoms with Gasteiger partial charge in [-0.2, -0.15) is 27.1 Å². The van der Waals surface area contributed by atoms with Gasteiger partial charge in [0.15, 0.2) is 11.5 Å². The van der Waals surface area contributed by atoms with Crippen LogP contribution in [0.2, 0.25) is 0 Å². The van der Waals surface area contributed by atoms with Gasteiger partial charge in [-0.05, 0) is 41.8 Å². The minimum absolute atomic E-state index is 0.186.